The van der Waals surface area contributed by atoms with Gasteiger partial charge in [-0.2, -0.15) is 5.10 Å². The second-order valence-corrected chi connectivity index (χ2v) is 7.97. The first-order chi connectivity index (χ1) is 13.5. The van der Waals surface area contributed by atoms with Crippen LogP contribution in [0.15, 0.2) is 29.4 Å². The van der Waals surface area contributed by atoms with Gasteiger partial charge in [0.25, 0.3) is 5.91 Å². The molecule has 0 unspecified atom stereocenters. The molecule has 148 valence electrons. The van der Waals surface area contributed by atoms with Gasteiger partial charge in [-0.05, 0) is 31.9 Å². The van der Waals surface area contributed by atoms with Crippen LogP contribution in [0.4, 0.5) is 10.8 Å². The molecule has 2 amide bonds. The van der Waals surface area contributed by atoms with E-state index >= 15 is 0 Å². The van der Waals surface area contributed by atoms with E-state index in [0.717, 1.165) is 24.9 Å². The third-order valence-corrected chi connectivity index (χ3v) is 5.59. The molecule has 0 bridgehead atoms. The highest BCUT2D eigenvalue weighted by Gasteiger charge is 2.18. The van der Waals surface area contributed by atoms with Crippen molar-refractivity contribution in [3.8, 4) is 0 Å². The normalized spacial score (nSPS) is 14.9. The van der Waals surface area contributed by atoms with E-state index in [-0.39, 0.29) is 18.4 Å². The van der Waals surface area contributed by atoms with Crippen molar-refractivity contribution < 1.29 is 9.59 Å². The molecular weight excluding hydrogens is 398 g/mol. The van der Waals surface area contributed by atoms with Crippen LogP contribution in [0.25, 0.3) is 0 Å². The molecule has 7 nitrogen and oxygen atoms in total. The van der Waals surface area contributed by atoms with Gasteiger partial charge in [0.05, 0.1) is 11.1 Å². The fraction of sp³-hybridized carbons (Fsp3) is 0.368. The molecule has 1 aliphatic heterocycles. The Morgan fingerprint density at radius 2 is 2.11 bits per heavy atom. The molecule has 0 atom stereocenters. The Bertz CT molecular complexity index is 866. The fourth-order valence-electron chi connectivity index (χ4n) is 2.78. The molecule has 0 spiro atoms. The number of hydrazone groups is 1. The molecule has 2 heterocycles. The van der Waals surface area contributed by atoms with Gasteiger partial charge in [0, 0.05) is 18.7 Å². The minimum absolute atomic E-state index is 0.0207. The number of likely N-dealkylation sites (tertiary alicyclic amines) is 1. The Balaban J connectivity index is 1.53. The van der Waals surface area contributed by atoms with E-state index in [9.17, 15) is 9.59 Å². The van der Waals surface area contributed by atoms with E-state index in [1.807, 2.05) is 31.2 Å². The zero-order valence-electron chi connectivity index (χ0n) is 15.6. The molecule has 1 fully saturated rings. The number of amides is 2. The van der Waals surface area contributed by atoms with E-state index in [1.165, 1.54) is 23.1 Å². The molecule has 1 aliphatic rings. The summed E-state index contributed by atoms with van der Waals surface area (Å²) in [5.74, 6) is -0.306. The molecule has 28 heavy (non-hydrogen) atoms. The van der Waals surface area contributed by atoms with Gasteiger partial charge >= 0.3 is 0 Å². The number of aromatic nitrogens is 1. The number of anilines is 2. The van der Waals surface area contributed by atoms with Gasteiger partial charge in [-0.25, -0.2) is 10.4 Å². The number of hydrogen-bond donors (Lipinski definition) is 2. The SMILES string of the molecule is Cc1ccc(Nc2nc(Cl)c(/C=N/NC(=O)CN3CCCCCC3=O)s2)cc1. The van der Waals surface area contributed by atoms with Gasteiger partial charge in [-0.1, -0.05) is 47.1 Å². The summed E-state index contributed by atoms with van der Waals surface area (Å²) in [6.45, 7) is 2.66. The maximum absolute atomic E-state index is 12.0. The Kier molecular flexibility index (Phi) is 7.00. The average Bonchev–Trinajstić information content (AvgIpc) is 2.88. The predicted octanol–water partition coefficient (Wildman–Crippen LogP) is 3.70. The van der Waals surface area contributed by atoms with Crippen molar-refractivity contribution in [1.82, 2.24) is 15.3 Å². The summed E-state index contributed by atoms with van der Waals surface area (Å²) in [4.78, 5) is 30.4. The van der Waals surface area contributed by atoms with Crippen molar-refractivity contribution in [3.05, 3.63) is 39.9 Å². The van der Waals surface area contributed by atoms with E-state index < -0.39 is 0 Å². The topological polar surface area (TPSA) is 86.7 Å². The third-order valence-electron chi connectivity index (χ3n) is 4.29. The summed E-state index contributed by atoms with van der Waals surface area (Å²) >= 11 is 7.48. The number of benzene rings is 1. The van der Waals surface area contributed by atoms with Crippen molar-refractivity contribution in [3.63, 3.8) is 0 Å². The molecule has 0 aliphatic carbocycles. The summed E-state index contributed by atoms with van der Waals surface area (Å²) in [5, 5.41) is 8.07. The summed E-state index contributed by atoms with van der Waals surface area (Å²) in [6, 6.07) is 7.93. The van der Waals surface area contributed by atoms with Crippen LogP contribution >= 0.6 is 22.9 Å². The number of hydrogen-bond acceptors (Lipinski definition) is 6. The Morgan fingerprint density at radius 1 is 1.32 bits per heavy atom. The quantitative estimate of drug-likeness (QED) is 0.552. The first-order valence-electron chi connectivity index (χ1n) is 9.11. The zero-order chi connectivity index (χ0) is 19.9. The minimum atomic E-state index is -0.329. The maximum Gasteiger partial charge on any atom is 0.259 e. The highest BCUT2D eigenvalue weighted by Crippen LogP contribution is 2.28. The number of nitrogens with one attached hydrogen (secondary N) is 2. The summed E-state index contributed by atoms with van der Waals surface area (Å²) in [5.41, 5.74) is 4.53. The van der Waals surface area contributed by atoms with Crippen molar-refractivity contribution in [2.45, 2.75) is 32.6 Å². The van der Waals surface area contributed by atoms with Crippen molar-refractivity contribution in [2.24, 2.45) is 5.10 Å². The third kappa shape index (κ3) is 5.77. The van der Waals surface area contributed by atoms with Crippen LogP contribution in [0, 0.1) is 6.92 Å². The van der Waals surface area contributed by atoms with Crippen molar-refractivity contribution in [2.75, 3.05) is 18.4 Å². The molecule has 2 N–H and O–H groups in total. The van der Waals surface area contributed by atoms with Gasteiger partial charge in [0.1, 0.15) is 6.54 Å². The first-order valence-corrected chi connectivity index (χ1v) is 10.3. The van der Waals surface area contributed by atoms with Gasteiger partial charge < -0.3 is 10.2 Å². The van der Waals surface area contributed by atoms with Gasteiger partial charge in [0.2, 0.25) is 5.91 Å². The van der Waals surface area contributed by atoms with Crippen LogP contribution in [-0.2, 0) is 9.59 Å². The standard InChI is InChI=1S/C19H22ClN5O2S/c1-13-6-8-14(9-7-13)22-19-23-18(20)15(28-19)11-21-24-16(26)12-25-10-4-2-3-5-17(25)27/h6-9,11H,2-5,10,12H2,1H3,(H,22,23)(H,24,26)/b21-11+. The lowest BCUT2D eigenvalue weighted by atomic mass is 10.2. The minimum Gasteiger partial charge on any atom is -0.333 e. The number of carbonyl (C=O) groups excluding carboxylic acids is 2. The van der Waals surface area contributed by atoms with E-state index in [0.29, 0.717) is 28.1 Å². The Morgan fingerprint density at radius 3 is 2.89 bits per heavy atom. The van der Waals surface area contributed by atoms with Crippen LogP contribution in [0.5, 0.6) is 0 Å². The number of nitrogens with zero attached hydrogens (tertiary/aromatic N) is 3. The highest BCUT2D eigenvalue weighted by atomic mass is 35.5. The smallest absolute Gasteiger partial charge is 0.259 e. The molecule has 1 saturated heterocycles. The molecule has 0 radical (unpaired) electrons. The molecular formula is C19H22ClN5O2S. The molecule has 1 aromatic carbocycles. The van der Waals surface area contributed by atoms with E-state index in [4.69, 9.17) is 11.6 Å². The number of thiazole rings is 1. The molecule has 3 rings (SSSR count). The highest BCUT2D eigenvalue weighted by molar-refractivity contribution is 7.17. The van der Waals surface area contributed by atoms with E-state index in [2.05, 4.69) is 20.8 Å². The van der Waals surface area contributed by atoms with Gasteiger partial charge in [0.15, 0.2) is 10.3 Å². The molecule has 2 aromatic rings. The monoisotopic (exact) mass is 419 g/mol. The van der Waals surface area contributed by atoms with Crippen LogP contribution in [-0.4, -0.2) is 41.0 Å². The second kappa shape index (κ2) is 9.66. The van der Waals surface area contributed by atoms with Crippen LogP contribution < -0.4 is 10.7 Å². The lowest BCUT2D eigenvalue weighted by Crippen LogP contribution is -2.39. The van der Waals surface area contributed by atoms with Crippen molar-refractivity contribution >= 4 is 51.8 Å². The Hall–Kier alpha value is -2.45. The van der Waals surface area contributed by atoms with Crippen LogP contribution in [0.3, 0.4) is 0 Å². The second-order valence-electron chi connectivity index (χ2n) is 6.58. The average molecular weight is 420 g/mol. The van der Waals surface area contributed by atoms with Crippen LogP contribution in [0.1, 0.15) is 36.1 Å². The lowest BCUT2D eigenvalue weighted by molar-refractivity contribution is -0.135. The molecule has 0 saturated carbocycles. The molecule has 1 aromatic heterocycles. The molecule has 9 heteroatoms. The lowest BCUT2D eigenvalue weighted by Gasteiger charge is -2.18. The number of rotatable bonds is 6. The fourth-order valence-corrected chi connectivity index (χ4v) is 3.83. The Labute approximate surface area is 172 Å². The van der Waals surface area contributed by atoms with Crippen LogP contribution in [0.2, 0.25) is 5.15 Å². The predicted molar refractivity (Wildman–Crippen MR) is 112 cm³/mol. The summed E-state index contributed by atoms with van der Waals surface area (Å²) in [6.07, 6.45) is 4.80. The zero-order valence-corrected chi connectivity index (χ0v) is 17.1. The number of carbonyl (C=O) groups is 2. The summed E-state index contributed by atoms with van der Waals surface area (Å²) in [7, 11) is 0. The number of aryl methyl sites for hydroxylation is 1. The summed E-state index contributed by atoms with van der Waals surface area (Å²) < 4.78 is 0. The van der Waals surface area contributed by atoms with Gasteiger partial charge in [-0.3, -0.25) is 9.59 Å². The van der Waals surface area contributed by atoms with E-state index in [1.54, 1.807) is 4.90 Å². The first kappa shape index (κ1) is 20.3. The van der Waals surface area contributed by atoms with Crippen molar-refractivity contribution in [1.29, 1.82) is 0 Å². The number of halogens is 1. The van der Waals surface area contributed by atoms with Gasteiger partial charge in [-0.15, -0.1) is 0 Å². The largest absolute Gasteiger partial charge is 0.333 e. The maximum atomic E-state index is 12.0.